The molecule has 34 heavy (non-hydrogen) atoms. The molecule has 3 aromatic rings. The van der Waals surface area contributed by atoms with Gasteiger partial charge in [0.1, 0.15) is 23.3 Å². The molecule has 0 aliphatic rings. The van der Waals surface area contributed by atoms with Crippen molar-refractivity contribution in [2.45, 2.75) is 16.0 Å². The normalized spacial score (nSPS) is 11.2. The molecule has 2 aromatic carbocycles. The number of hydrogen-bond acceptors (Lipinski definition) is 6. The van der Waals surface area contributed by atoms with E-state index in [1.54, 1.807) is 18.2 Å². The topological polar surface area (TPSA) is 114 Å². The highest BCUT2D eigenvalue weighted by molar-refractivity contribution is 7.99. The van der Waals surface area contributed by atoms with Crippen molar-refractivity contribution in [2.75, 3.05) is 6.61 Å². The van der Waals surface area contributed by atoms with Gasteiger partial charge in [-0.25, -0.2) is 18.5 Å². The van der Waals surface area contributed by atoms with Crippen LogP contribution in [-0.2, 0) is 18.0 Å². The van der Waals surface area contributed by atoms with E-state index in [2.05, 4.69) is 0 Å². The second kappa shape index (κ2) is 9.44. The third-order valence-electron chi connectivity index (χ3n) is 4.44. The molecule has 0 fully saturated rings. The number of para-hydroxylation sites is 1. The minimum Gasteiger partial charge on any atom is -0.481 e. The van der Waals surface area contributed by atoms with Crippen LogP contribution < -0.4 is 16.0 Å². The fraction of sp³-hybridized carbons (Fsp3) is 0.143. The van der Waals surface area contributed by atoms with E-state index in [9.17, 15) is 37.2 Å². The molecule has 13 heteroatoms. The van der Waals surface area contributed by atoms with Crippen LogP contribution >= 0.6 is 11.8 Å². The number of rotatable bonds is 6. The van der Waals surface area contributed by atoms with Crippen molar-refractivity contribution in [1.29, 1.82) is 5.26 Å². The summed E-state index contributed by atoms with van der Waals surface area (Å²) >= 11 is 0.847. The zero-order chi connectivity index (χ0) is 25.2. The second-order valence-electron chi connectivity index (χ2n) is 6.69. The van der Waals surface area contributed by atoms with Gasteiger partial charge in [-0.1, -0.05) is 23.9 Å². The SMILES string of the molecule is Cn1c(C(F)(F)F)cc(=O)n(-c2cc(Sc3ccccc3OCC(=O)O)c(C#N)cc2F)c1=O. The number of ether oxygens (including phenoxy) is 1. The Bertz CT molecular complexity index is 1440. The average molecular weight is 495 g/mol. The van der Waals surface area contributed by atoms with Gasteiger partial charge in [0.15, 0.2) is 6.61 Å². The molecule has 0 atom stereocenters. The standard InChI is InChI=1S/C21H13F4N3O5S/c1-27-17(21(23,24)25)8-18(29)28(20(27)32)13-7-16(11(9-26)6-12(13)22)34-15-5-3-2-4-14(15)33-10-19(30)31/h2-8H,10H2,1H3,(H,30,31). The van der Waals surface area contributed by atoms with Crippen molar-refractivity contribution in [3.8, 4) is 17.5 Å². The van der Waals surface area contributed by atoms with Crippen molar-refractivity contribution in [2.24, 2.45) is 7.05 Å². The Morgan fingerprint density at radius 1 is 1.18 bits per heavy atom. The van der Waals surface area contributed by atoms with E-state index in [1.165, 1.54) is 12.1 Å². The monoisotopic (exact) mass is 495 g/mol. The summed E-state index contributed by atoms with van der Waals surface area (Å²) in [5.74, 6) is -2.29. The highest BCUT2D eigenvalue weighted by atomic mass is 32.2. The molecule has 0 radical (unpaired) electrons. The lowest BCUT2D eigenvalue weighted by Crippen LogP contribution is -2.41. The predicted molar refractivity (Wildman–Crippen MR) is 111 cm³/mol. The van der Waals surface area contributed by atoms with Crippen LogP contribution in [0, 0.1) is 17.1 Å². The molecular formula is C21H13F4N3O5S. The van der Waals surface area contributed by atoms with Gasteiger partial charge in [-0.15, -0.1) is 0 Å². The Morgan fingerprint density at radius 2 is 1.85 bits per heavy atom. The summed E-state index contributed by atoms with van der Waals surface area (Å²) in [7, 11) is 0.786. The van der Waals surface area contributed by atoms with E-state index in [1.807, 2.05) is 0 Å². The molecule has 1 aromatic heterocycles. The second-order valence-corrected chi connectivity index (χ2v) is 7.77. The van der Waals surface area contributed by atoms with Gasteiger partial charge in [0.2, 0.25) is 0 Å². The highest BCUT2D eigenvalue weighted by Crippen LogP contribution is 2.38. The van der Waals surface area contributed by atoms with Crippen molar-refractivity contribution in [1.82, 2.24) is 9.13 Å². The Hall–Kier alpha value is -4.05. The van der Waals surface area contributed by atoms with E-state index in [4.69, 9.17) is 9.84 Å². The first-order valence-electron chi connectivity index (χ1n) is 9.19. The number of alkyl halides is 3. The van der Waals surface area contributed by atoms with E-state index in [0.29, 0.717) is 4.90 Å². The fourth-order valence-electron chi connectivity index (χ4n) is 2.92. The number of carbonyl (C=O) groups is 1. The van der Waals surface area contributed by atoms with Crippen molar-refractivity contribution < 1.29 is 32.2 Å². The number of aliphatic carboxylic acids is 1. The van der Waals surface area contributed by atoms with Gasteiger partial charge >= 0.3 is 17.8 Å². The highest BCUT2D eigenvalue weighted by Gasteiger charge is 2.35. The summed E-state index contributed by atoms with van der Waals surface area (Å²) in [5, 5.41) is 18.2. The molecule has 1 heterocycles. The summed E-state index contributed by atoms with van der Waals surface area (Å²) in [5.41, 5.74) is -5.22. The lowest BCUT2D eigenvalue weighted by atomic mass is 10.2. The minimum atomic E-state index is -4.99. The molecule has 3 rings (SSSR count). The molecule has 176 valence electrons. The molecule has 8 nitrogen and oxygen atoms in total. The number of nitrogens with zero attached hydrogens (tertiary/aromatic N) is 3. The maximum absolute atomic E-state index is 14.8. The van der Waals surface area contributed by atoms with E-state index in [-0.39, 0.29) is 31.4 Å². The molecule has 1 N–H and O–H groups in total. The Morgan fingerprint density at radius 3 is 2.47 bits per heavy atom. The number of carboxylic acids is 1. The van der Waals surface area contributed by atoms with Crippen molar-refractivity contribution >= 4 is 17.7 Å². The van der Waals surface area contributed by atoms with Gasteiger partial charge < -0.3 is 9.84 Å². The molecule has 0 unspecified atom stereocenters. The van der Waals surface area contributed by atoms with Crippen LogP contribution in [0.2, 0.25) is 0 Å². The number of aromatic nitrogens is 2. The lowest BCUT2D eigenvalue weighted by Gasteiger charge is -2.15. The molecule has 0 aliphatic heterocycles. The molecule has 0 saturated heterocycles. The largest absolute Gasteiger partial charge is 0.481 e. The van der Waals surface area contributed by atoms with E-state index >= 15 is 0 Å². The van der Waals surface area contributed by atoms with E-state index in [0.717, 1.165) is 30.9 Å². The Labute approximate surface area is 192 Å². The number of benzene rings is 2. The summed E-state index contributed by atoms with van der Waals surface area (Å²) in [4.78, 5) is 36.1. The van der Waals surface area contributed by atoms with Gasteiger partial charge in [0, 0.05) is 18.0 Å². The molecule has 0 aliphatic carbocycles. The van der Waals surface area contributed by atoms with Crippen molar-refractivity contribution in [3.63, 3.8) is 0 Å². The summed E-state index contributed by atoms with van der Waals surface area (Å²) in [6.45, 7) is -0.658. The number of hydrogen-bond donors (Lipinski definition) is 1. The molecule has 0 saturated carbocycles. The average Bonchev–Trinajstić information content (AvgIpc) is 2.76. The molecule has 0 spiro atoms. The first-order valence-corrected chi connectivity index (χ1v) is 10.0. The van der Waals surface area contributed by atoms with Crippen LogP contribution in [0.3, 0.4) is 0 Å². The van der Waals surface area contributed by atoms with Gasteiger partial charge in [-0.3, -0.25) is 9.36 Å². The maximum atomic E-state index is 14.8. The summed E-state index contributed by atoms with van der Waals surface area (Å²) < 4.78 is 59.7. The van der Waals surface area contributed by atoms with E-state index < -0.39 is 47.2 Å². The maximum Gasteiger partial charge on any atom is 0.431 e. The van der Waals surface area contributed by atoms with Crippen molar-refractivity contribution in [3.05, 3.63) is 80.4 Å². The lowest BCUT2D eigenvalue weighted by molar-refractivity contribution is -0.144. The van der Waals surface area contributed by atoms with Gasteiger partial charge in [0.05, 0.1) is 16.1 Å². The number of halogens is 4. The summed E-state index contributed by atoms with van der Waals surface area (Å²) in [6, 6.07) is 9.77. The van der Waals surface area contributed by atoms with Crippen LogP contribution in [0.4, 0.5) is 17.6 Å². The van der Waals surface area contributed by atoms with Gasteiger partial charge in [0.25, 0.3) is 5.56 Å². The van der Waals surface area contributed by atoms with Crippen LogP contribution in [0.5, 0.6) is 5.75 Å². The molecular weight excluding hydrogens is 482 g/mol. The van der Waals surface area contributed by atoms with Crippen LogP contribution in [0.25, 0.3) is 5.69 Å². The predicted octanol–water partition coefficient (Wildman–Crippen LogP) is 3.18. The third-order valence-corrected chi connectivity index (χ3v) is 5.56. The number of carboxylic acid groups (broad SMARTS) is 1. The zero-order valence-electron chi connectivity index (χ0n) is 17.1. The van der Waals surface area contributed by atoms with Gasteiger partial charge in [-0.2, -0.15) is 18.4 Å². The van der Waals surface area contributed by atoms with Gasteiger partial charge in [-0.05, 0) is 24.3 Å². The third kappa shape index (κ3) is 4.96. The van der Waals surface area contributed by atoms with Crippen LogP contribution in [0.15, 0.2) is 61.8 Å². The fourth-order valence-corrected chi connectivity index (χ4v) is 3.91. The minimum absolute atomic E-state index is 0.0409. The number of nitriles is 1. The van der Waals surface area contributed by atoms with Crippen LogP contribution in [-0.4, -0.2) is 26.8 Å². The van der Waals surface area contributed by atoms with Crippen LogP contribution in [0.1, 0.15) is 11.3 Å². The summed E-state index contributed by atoms with van der Waals surface area (Å²) in [6.07, 6.45) is -4.99. The Balaban J connectivity index is 2.17. The molecule has 0 amide bonds. The quantitative estimate of drug-likeness (QED) is 0.523. The Kier molecular flexibility index (Phi) is 6.83. The molecule has 0 bridgehead atoms. The zero-order valence-corrected chi connectivity index (χ0v) is 17.9. The first kappa shape index (κ1) is 24.6. The first-order chi connectivity index (χ1) is 15.9. The smallest absolute Gasteiger partial charge is 0.431 e.